The van der Waals surface area contributed by atoms with E-state index in [1.165, 1.54) is 20.3 Å². The van der Waals surface area contributed by atoms with Crippen molar-refractivity contribution in [3.8, 4) is 22.6 Å². The van der Waals surface area contributed by atoms with Crippen molar-refractivity contribution in [1.29, 1.82) is 0 Å². The van der Waals surface area contributed by atoms with Crippen LogP contribution in [0.1, 0.15) is 47.8 Å². The molecule has 5 nitrogen and oxygen atoms in total. The number of esters is 1. The quantitative estimate of drug-likeness (QED) is 0.351. The summed E-state index contributed by atoms with van der Waals surface area (Å²) in [7, 11) is 2.93. The summed E-state index contributed by atoms with van der Waals surface area (Å²) < 4.78 is 57.0. The number of methoxy groups -OCH3 is 2. The van der Waals surface area contributed by atoms with Gasteiger partial charge in [0.15, 0.2) is 0 Å². The number of fused-ring (bicyclic) bond motifs is 1. The number of halogens is 3. The fourth-order valence-electron chi connectivity index (χ4n) is 4.64. The van der Waals surface area contributed by atoms with Gasteiger partial charge in [-0.2, -0.15) is 13.2 Å². The van der Waals surface area contributed by atoms with Gasteiger partial charge in [-0.15, -0.1) is 0 Å². The number of hydrogen-bond acceptors (Lipinski definition) is 5. The smallest absolute Gasteiger partial charge is 0.416 e. The number of ether oxygens (including phenoxy) is 3. The maximum Gasteiger partial charge on any atom is 0.416 e. The molecule has 8 heteroatoms. The summed E-state index contributed by atoms with van der Waals surface area (Å²) in [5.74, 6) is 0.316. The van der Waals surface area contributed by atoms with E-state index in [1.807, 2.05) is 32.9 Å². The molecule has 0 saturated carbocycles. The van der Waals surface area contributed by atoms with Crippen molar-refractivity contribution in [2.24, 2.45) is 0 Å². The van der Waals surface area contributed by atoms with Crippen LogP contribution in [0.3, 0.4) is 0 Å². The van der Waals surface area contributed by atoms with Crippen LogP contribution in [0.25, 0.3) is 16.7 Å². The summed E-state index contributed by atoms with van der Waals surface area (Å²) in [6, 6.07) is 13.4. The first kappa shape index (κ1) is 26.1. The molecule has 4 rings (SSSR count). The van der Waals surface area contributed by atoms with Crippen LogP contribution < -0.4 is 14.8 Å². The lowest BCUT2D eigenvalue weighted by molar-refractivity contribution is -0.137. The highest BCUT2D eigenvalue weighted by Crippen LogP contribution is 2.44. The molecule has 1 aliphatic rings. The second kappa shape index (κ2) is 9.84. The Morgan fingerprint density at radius 3 is 2.27 bits per heavy atom. The first-order chi connectivity index (χ1) is 17.4. The second-order valence-corrected chi connectivity index (χ2v) is 9.41. The minimum Gasteiger partial charge on any atom is -0.497 e. The monoisotopic (exact) mass is 511 g/mol. The number of nitrogens with one attached hydrogen (secondary N) is 1. The average molecular weight is 512 g/mol. The summed E-state index contributed by atoms with van der Waals surface area (Å²) in [6.07, 6.45) is -2.49. The Morgan fingerprint density at radius 2 is 1.65 bits per heavy atom. The third-order valence-corrected chi connectivity index (χ3v) is 6.23. The molecule has 3 aromatic carbocycles. The molecule has 0 saturated heterocycles. The molecule has 0 amide bonds. The van der Waals surface area contributed by atoms with E-state index in [-0.39, 0.29) is 23.5 Å². The van der Waals surface area contributed by atoms with Crippen molar-refractivity contribution < 1.29 is 32.2 Å². The first-order valence-corrected chi connectivity index (χ1v) is 11.6. The summed E-state index contributed by atoms with van der Waals surface area (Å²) in [6.45, 7) is 5.82. The zero-order valence-electron chi connectivity index (χ0n) is 21.2. The molecule has 3 aromatic rings. The Bertz CT molecular complexity index is 1360. The van der Waals surface area contributed by atoms with E-state index in [4.69, 9.17) is 14.2 Å². The second-order valence-electron chi connectivity index (χ2n) is 9.41. The van der Waals surface area contributed by atoms with Crippen molar-refractivity contribution in [1.82, 2.24) is 0 Å². The third-order valence-electron chi connectivity index (χ3n) is 6.23. The summed E-state index contributed by atoms with van der Waals surface area (Å²) in [5.41, 5.74) is 3.02. The molecular formula is C29H28F3NO4. The third kappa shape index (κ3) is 5.43. The number of benzene rings is 3. The Morgan fingerprint density at radius 1 is 0.946 bits per heavy atom. The van der Waals surface area contributed by atoms with E-state index in [0.29, 0.717) is 22.4 Å². The Kier molecular flexibility index (Phi) is 6.95. The van der Waals surface area contributed by atoms with Crippen LogP contribution in [-0.4, -0.2) is 25.7 Å². The van der Waals surface area contributed by atoms with Crippen LogP contribution in [0.5, 0.6) is 11.5 Å². The highest BCUT2D eigenvalue weighted by molar-refractivity contribution is 5.91. The molecule has 0 spiro atoms. The van der Waals surface area contributed by atoms with Gasteiger partial charge < -0.3 is 19.5 Å². The fraction of sp³-hybridized carbons (Fsp3) is 0.276. The zero-order chi connectivity index (χ0) is 27.0. The highest BCUT2D eigenvalue weighted by atomic mass is 19.4. The molecule has 0 aromatic heterocycles. The van der Waals surface area contributed by atoms with Crippen LogP contribution in [-0.2, 0) is 17.5 Å². The maximum absolute atomic E-state index is 13.6. The standard InChI is InChI=1S/C29H28F3NO4/c1-17-15-28(2,3)33-24-12-11-21(22-14-19(29(30,31)32)8-13-25(22)36-5)23(26(17)24)16-37-27(34)18-6-9-20(35-4)10-7-18/h6-15,33H,16H2,1-5H3. The number of hydrogen-bond donors (Lipinski definition) is 1. The van der Waals surface area contributed by atoms with Gasteiger partial charge in [0.2, 0.25) is 0 Å². The SMILES string of the molecule is COc1ccc(C(=O)OCc2c(-c3cc(C(F)(F)F)ccc3OC)ccc3c2C(C)=CC(C)(C)N3)cc1. The Balaban J connectivity index is 1.83. The van der Waals surface area contributed by atoms with Gasteiger partial charge in [0, 0.05) is 22.4 Å². The molecule has 1 aliphatic heterocycles. The largest absolute Gasteiger partial charge is 0.497 e. The first-order valence-electron chi connectivity index (χ1n) is 11.6. The summed E-state index contributed by atoms with van der Waals surface area (Å²) in [5, 5.41) is 3.44. The minimum atomic E-state index is -4.53. The van der Waals surface area contributed by atoms with Crippen LogP contribution >= 0.6 is 0 Å². The van der Waals surface area contributed by atoms with E-state index in [0.717, 1.165) is 29.0 Å². The van der Waals surface area contributed by atoms with Crippen molar-refractivity contribution in [3.63, 3.8) is 0 Å². The van der Waals surface area contributed by atoms with E-state index in [1.54, 1.807) is 30.3 Å². The predicted molar refractivity (Wildman–Crippen MR) is 137 cm³/mol. The maximum atomic E-state index is 13.6. The van der Waals surface area contributed by atoms with Gasteiger partial charge in [0.1, 0.15) is 18.1 Å². The van der Waals surface area contributed by atoms with E-state index in [9.17, 15) is 18.0 Å². The van der Waals surface area contributed by atoms with Gasteiger partial charge in [0.25, 0.3) is 0 Å². The van der Waals surface area contributed by atoms with Gasteiger partial charge in [-0.3, -0.25) is 0 Å². The lowest BCUT2D eigenvalue weighted by Crippen LogP contribution is -2.32. The number of alkyl halides is 3. The molecule has 0 bridgehead atoms. The van der Waals surface area contributed by atoms with Crippen LogP contribution in [0.15, 0.2) is 60.7 Å². The van der Waals surface area contributed by atoms with E-state index >= 15 is 0 Å². The van der Waals surface area contributed by atoms with Gasteiger partial charge >= 0.3 is 12.1 Å². The molecule has 37 heavy (non-hydrogen) atoms. The lowest BCUT2D eigenvalue weighted by Gasteiger charge is -2.33. The number of rotatable bonds is 6. The molecular weight excluding hydrogens is 483 g/mol. The van der Waals surface area contributed by atoms with Crippen molar-refractivity contribution in [2.75, 3.05) is 19.5 Å². The topological polar surface area (TPSA) is 56.8 Å². The molecule has 194 valence electrons. The van der Waals surface area contributed by atoms with Crippen LogP contribution in [0.2, 0.25) is 0 Å². The Hall–Kier alpha value is -3.94. The Labute approximate surface area is 213 Å². The van der Waals surface area contributed by atoms with Gasteiger partial charge in [-0.05, 0) is 80.4 Å². The van der Waals surface area contributed by atoms with E-state index < -0.39 is 17.7 Å². The van der Waals surface area contributed by atoms with Crippen molar-refractivity contribution >= 4 is 17.2 Å². The highest BCUT2D eigenvalue weighted by Gasteiger charge is 2.32. The summed E-state index contributed by atoms with van der Waals surface area (Å²) in [4.78, 5) is 12.9. The van der Waals surface area contributed by atoms with Crippen LogP contribution in [0.4, 0.5) is 18.9 Å². The molecule has 0 aliphatic carbocycles. The van der Waals surface area contributed by atoms with Gasteiger partial charge in [-0.1, -0.05) is 12.1 Å². The minimum absolute atomic E-state index is 0.157. The van der Waals surface area contributed by atoms with Crippen LogP contribution in [0, 0.1) is 0 Å². The number of carbonyl (C=O) groups excluding carboxylic acids is 1. The predicted octanol–water partition coefficient (Wildman–Crippen LogP) is 7.35. The van der Waals surface area contributed by atoms with Crippen molar-refractivity contribution in [3.05, 3.63) is 82.9 Å². The van der Waals surface area contributed by atoms with Crippen molar-refractivity contribution in [2.45, 2.75) is 39.1 Å². The summed E-state index contributed by atoms with van der Waals surface area (Å²) >= 11 is 0. The molecule has 0 fully saturated rings. The number of allylic oxidation sites excluding steroid dienone is 1. The van der Waals surface area contributed by atoms with E-state index in [2.05, 4.69) is 5.32 Å². The fourth-order valence-corrected chi connectivity index (χ4v) is 4.64. The van der Waals surface area contributed by atoms with Gasteiger partial charge in [0.05, 0.1) is 30.9 Å². The number of carbonyl (C=O) groups is 1. The molecule has 1 N–H and O–H groups in total. The van der Waals surface area contributed by atoms with Gasteiger partial charge in [-0.25, -0.2) is 4.79 Å². The number of anilines is 1. The zero-order valence-corrected chi connectivity index (χ0v) is 21.2. The molecule has 1 heterocycles. The normalized spacial score (nSPS) is 14.2. The average Bonchev–Trinajstić information content (AvgIpc) is 2.85. The molecule has 0 unspecified atom stereocenters. The molecule has 0 radical (unpaired) electrons. The lowest BCUT2D eigenvalue weighted by atomic mass is 9.85. The molecule has 0 atom stereocenters.